The Morgan fingerprint density at radius 2 is 1.94 bits per heavy atom. The summed E-state index contributed by atoms with van der Waals surface area (Å²) in [5.41, 5.74) is 7.74. The van der Waals surface area contributed by atoms with Gasteiger partial charge in [0, 0.05) is 5.56 Å². The summed E-state index contributed by atoms with van der Waals surface area (Å²) in [5, 5.41) is 7.85. The van der Waals surface area contributed by atoms with E-state index in [-0.39, 0.29) is 0 Å². The summed E-state index contributed by atoms with van der Waals surface area (Å²) in [7, 11) is 0. The topological polar surface area (TPSA) is 63.9 Å². The van der Waals surface area contributed by atoms with E-state index in [1.807, 2.05) is 50.2 Å². The lowest BCUT2D eigenvalue weighted by Gasteiger charge is -1.95. The first-order valence-corrected chi connectivity index (χ1v) is 5.66. The monoisotopic (exact) mass is 241 g/mol. The second-order valence-electron chi connectivity index (χ2n) is 3.98. The molecule has 1 aromatic heterocycles. The van der Waals surface area contributed by atoms with E-state index in [9.17, 15) is 0 Å². The molecule has 92 valence electrons. The van der Waals surface area contributed by atoms with Gasteiger partial charge in [0.15, 0.2) is 5.84 Å². The van der Waals surface area contributed by atoms with Gasteiger partial charge in [0.05, 0.1) is 6.21 Å². The number of amidine groups is 1. The second-order valence-corrected chi connectivity index (χ2v) is 3.98. The Bertz CT molecular complexity index is 563. The number of hydrogen-bond donors (Lipinski definition) is 1. The number of rotatable bonds is 3. The van der Waals surface area contributed by atoms with E-state index in [1.54, 1.807) is 6.21 Å². The minimum absolute atomic E-state index is 0.381. The maximum absolute atomic E-state index is 5.80. The van der Waals surface area contributed by atoms with E-state index in [2.05, 4.69) is 10.2 Å². The molecule has 0 spiro atoms. The highest BCUT2D eigenvalue weighted by atomic mass is 16.3. The standard InChI is InChI=1S/C14H15N3O/c1-10-8-13(18-11(10)2)9-16-17-14(15)12-6-4-3-5-7-12/h3-9H,1-2H3,(H2,15,17)/b16-9+. The quantitative estimate of drug-likeness (QED) is 0.510. The number of nitrogens with two attached hydrogens (primary N) is 1. The van der Waals surface area contributed by atoms with Gasteiger partial charge in [0.25, 0.3) is 0 Å². The normalized spacial score (nSPS) is 12.2. The van der Waals surface area contributed by atoms with Gasteiger partial charge in [-0.1, -0.05) is 30.3 Å². The van der Waals surface area contributed by atoms with Crippen molar-refractivity contribution in [1.29, 1.82) is 0 Å². The molecule has 0 bridgehead atoms. The summed E-state index contributed by atoms with van der Waals surface area (Å²) >= 11 is 0. The highest BCUT2D eigenvalue weighted by molar-refractivity contribution is 5.97. The molecule has 0 fully saturated rings. The zero-order valence-corrected chi connectivity index (χ0v) is 10.4. The van der Waals surface area contributed by atoms with Crippen LogP contribution in [0.5, 0.6) is 0 Å². The molecular weight excluding hydrogens is 226 g/mol. The molecule has 2 aromatic rings. The summed E-state index contributed by atoms with van der Waals surface area (Å²) in [6, 6.07) is 11.4. The summed E-state index contributed by atoms with van der Waals surface area (Å²) in [6.45, 7) is 3.89. The van der Waals surface area contributed by atoms with Crippen LogP contribution in [0, 0.1) is 13.8 Å². The Morgan fingerprint density at radius 1 is 1.22 bits per heavy atom. The number of furan rings is 1. The third-order valence-electron chi connectivity index (χ3n) is 2.61. The van der Waals surface area contributed by atoms with Crippen LogP contribution in [0.15, 0.2) is 51.0 Å². The summed E-state index contributed by atoms with van der Waals surface area (Å²) in [4.78, 5) is 0. The van der Waals surface area contributed by atoms with E-state index in [1.165, 1.54) is 0 Å². The van der Waals surface area contributed by atoms with Crippen LogP contribution < -0.4 is 5.73 Å². The third kappa shape index (κ3) is 2.85. The Kier molecular flexibility index (Phi) is 3.57. The lowest BCUT2D eigenvalue weighted by molar-refractivity contribution is 0.525. The molecule has 1 aromatic carbocycles. The molecular formula is C14H15N3O. The van der Waals surface area contributed by atoms with E-state index in [0.29, 0.717) is 11.6 Å². The molecule has 1 heterocycles. The average Bonchev–Trinajstić information content (AvgIpc) is 2.69. The summed E-state index contributed by atoms with van der Waals surface area (Å²) in [6.07, 6.45) is 1.55. The van der Waals surface area contributed by atoms with Crippen LogP contribution in [0.25, 0.3) is 0 Å². The molecule has 0 aliphatic rings. The van der Waals surface area contributed by atoms with Crippen molar-refractivity contribution in [3.05, 3.63) is 59.0 Å². The second kappa shape index (κ2) is 5.31. The van der Waals surface area contributed by atoms with Gasteiger partial charge in [-0.2, -0.15) is 5.10 Å². The summed E-state index contributed by atoms with van der Waals surface area (Å²) < 4.78 is 5.44. The van der Waals surface area contributed by atoms with Crippen molar-refractivity contribution in [3.8, 4) is 0 Å². The van der Waals surface area contributed by atoms with Crippen molar-refractivity contribution < 1.29 is 4.42 Å². The number of hydrogen-bond acceptors (Lipinski definition) is 3. The first-order valence-electron chi connectivity index (χ1n) is 5.66. The van der Waals surface area contributed by atoms with Crippen LogP contribution in [-0.2, 0) is 0 Å². The lowest BCUT2D eigenvalue weighted by atomic mass is 10.2. The van der Waals surface area contributed by atoms with E-state index in [0.717, 1.165) is 16.9 Å². The highest BCUT2D eigenvalue weighted by Gasteiger charge is 2.00. The molecule has 0 radical (unpaired) electrons. The van der Waals surface area contributed by atoms with Crippen molar-refractivity contribution in [3.63, 3.8) is 0 Å². The molecule has 4 nitrogen and oxygen atoms in total. The van der Waals surface area contributed by atoms with Crippen LogP contribution in [0.1, 0.15) is 22.6 Å². The molecule has 0 aliphatic carbocycles. The maximum atomic E-state index is 5.80. The van der Waals surface area contributed by atoms with Crippen molar-refractivity contribution in [1.82, 2.24) is 0 Å². The van der Waals surface area contributed by atoms with Crippen molar-refractivity contribution in [2.45, 2.75) is 13.8 Å². The minimum Gasteiger partial charge on any atom is -0.460 e. The summed E-state index contributed by atoms with van der Waals surface area (Å²) in [5.74, 6) is 1.94. The van der Waals surface area contributed by atoms with Gasteiger partial charge in [-0.3, -0.25) is 0 Å². The van der Waals surface area contributed by atoms with Gasteiger partial charge in [-0.25, -0.2) is 0 Å². The molecule has 2 rings (SSSR count). The van der Waals surface area contributed by atoms with E-state index >= 15 is 0 Å². The van der Waals surface area contributed by atoms with Gasteiger partial charge in [-0.15, -0.1) is 5.10 Å². The van der Waals surface area contributed by atoms with Crippen LogP contribution in [0.4, 0.5) is 0 Å². The van der Waals surface area contributed by atoms with Crippen molar-refractivity contribution in [2.24, 2.45) is 15.9 Å². The predicted octanol–water partition coefficient (Wildman–Crippen LogP) is 2.64. The fourth-order valence-corrected chi connectivity index (χ4v) is 1.48. The predicted molar refractivity (Wildman–Crippen MR) is 72.9 cm³/mol. The molecule has 0 atom stereocenters. The highest BCUT2D eigenvalue weighted by Crippen LogP contribution is 2.11. The molecule has 0 saturated carbocycles. The van der Waals surface area contributed by atoms with Gasteiger partial charge < -0.3 is 10.2 Å². The Labute approximate surface area is 106 Å². The van der Waals surface area contributed by atoms with Crippen molar-refractivity contribution in [2.75, 3.05) is 0 Å². The van der Waals surface area contributed by atoms with Crippen molar-refractivity contribution >= 4 is 12.1 Å². The number of nitrogens with zero attached hydrogens (tertiary/aromatic N) is 2. The molecule has 2 N–H and O–H groups in total. The molecule has 0 aliphatic heterocycles. The Morgan fingerprint density at radius 3 is 2.56 bits per heavy atom. The minimum atomic E-state index is 0.381. The smallest absolute Gasteiger partial charge is 0.153 e. The number of benzene rings is 1. The zero-order chi connectivity index (χ0) is 13.0. The largest absolute Gasteiger partial charge is 0.460 e. The van der Waals surface area contributed by atoms with Crippen LogP contribution >= 0.6 is 0 Å². The average molecular weight is 241 g/mol. The Hall–Kier alpha value is -2.36. The molecule has 0 amide bonds. The first kappa shape index (κ1) is 12.1. The van der Waals surface area contributed by atoms with Crippen LogP contribution in [0.3, 0.4) is 0 Å². The SMILES string of the molecule is Cc1cc(/C=N/N=C(\N)c2ccccc2)oc1C. The van der Waals surface area contributed by atoms with Gasteiger partial charge in [-0.05, 0) is 25.5 Å². The van der Waals surface area contributed by atoms with Crippen LogP contribution in [-0.4, -0.2) is 12.1 Å². The lowest BCUT2D eigenvalue weighted by Crippen LogP contribution is -2.12. The van der Waals surface area contributed by atoms with Gasteiger partial charge in [0.1, 0.15) is 11.5 Å². The van der Waals surface area contributed by atoms with Crippen LogP contribution in [0.2, 0.25) is 0 Å². The molecule has 0 saturated heterocycles. The first-order chi connectivity index (χ1) is 8.66. The van der Waals surface area contributed by atoms with Gasteiger partial charge in [0.2, 0.25) is 0 Å². The van der Waals surface area contributed by atoms with E-state index in [4.69, 9.17) is 10.2 Å². The van der Waals surface area contributed by atoms with Gasteiger partial charge >= 0.3 is 0 Å². The molecule has 18 heavy (non-hydrogen) atoms. The fraction of sp³-hybridized carbons (Fsp3) is 0.143. The van der Waals surface area contributed by atoms with E-state index < -0.39 is 0 Å². The third-order valence-corrected chi connectivity index (χ3v) is 2.61. The maximum Gasteiger partial charge on any atom is 0.153 e. The molecule has 0 unspecified atom stereocenters. The molecule has 4 heteroatoms. The fourth-order valence-electron chi connectivity index (χ4n) is 1.48. The zero-order valence-electron chi connectivity index (χ0n) is 10.4. The number of aryl methyl sites for hydroxylation is 2. The Balaban J connectivity index is 2.11.